The van der Waals surface area contributed by atoms with Gasteiger partial charge in [-0.05, 0) is 104 Å². The molecule has 10 aromatic carbocycles. The molecule has 0 aliphatic rings. The van der Waals surface area contributed by atoms with Gasteiger partial charge in [0.05, 0.1) is 16.7 Å². The Morgan fingerprint density at radius 1 is 0.308 bits per heavy atom. The minimum atomic E-state index is 0.865. The van der Waals surface area contributed by atoms with Crippen LogP contribution in [0.4, 0.5) is 17.1 Å². The Hall–Kier alpha value is -8.66. The first-order chi connectivity index (χ1) is 32.2. The number of nitrogens with zero attached hydrogens (tertiary/aromatic N) is 2. The number of hydrogen-bond acceptors (Lipinski definition) is 2. The van der Waals surface area contributed by atoms with Crippen molar-refractivity contribution < 1.29 is 4.42 Å². The maximum absolute atomic E-state index is 6.58. The molecule has 0 aliphatic heterocycles. The van der Waals surface area contributed by atoms with Crippen molar-refractivity contribution in [1.29, 1.82) is 0 Å². The molecule has 3 heteroatoms. The second-order valence-electron chi connectivity index (χ2n) is 16.9. The Morgan fingerprint density at radius 2 is 0.831 bits per heavy atom. The van der Waals surface area contributed by atoms with E-state index in [1.807, 2.05) is 0 Å². The average molecular weight is 829 g/mol. The summed E-state index contributed by atoms with van der Waals surface area (Å²) >= 11 is 0. The molecule has 0 amide bonds. The molecule has 13 aromatic rings. The smallest absolute Gasteiger partial charge is 0.137 e. The van der Waals surface area contributed by atoms with Crippen LogP contribution in [-0.4, -0.2) is 4.40 Å². The van der Waals surface area contributed by atoms with E-state index in [4.69, 9.17) is 4.42 Å². The van der Waals surface area contributed by atoms with E-state index in [9.17, 15) is 0 Å². The summed E-state index contributed by atoms with van der Waals surface area (Å²) in [4.78, 5) is 2.32. The van der Waals surface area contributed by atoms with Gasteiger partial charge in [-0.25, -0.2) is 0 Å². The SMILES string of the molecule is c1ccc(-c2ccc(N(c3ccc(-c4ccc(-c5c6ccccc6cc6c(-c7ccccc7)c7ccccc7n56)cc4)cc3)c3ccc4c(c3)oc3ccc5ccccc5c34)cc2)cc1. The fourth-order valence-electron chi connectivity index (χ4n) is 10.1. The summed E-state index contributed by atoms with van der Waals surface area (Å²) in [6.45, 7) is 0. The third-order valence-corrected chi connectivity index (χ3v) is 13.2. The van der Waals surface area contributed by atoms with Gasteiger partial charge in [0.2, 0.25) is 0 Å². The fourth-order valence-corrected chi connectivity index (χ4v) is 10.1. The predicted molar refractivity (Wildman–Crippen MR) is 274 cm³/mol. The van der Waals surface area contributed by atoms with Crippen LogP contribution in [0.2, 0.25) is 0 Å². The second-order valence-corrected chi connectivity index (χ2v) is 16.9. The fraction of sp³-hybridized carbons (Fsp3) is 0. The lowest BCUT2D eigenvalue weighted by molar-refractivity contribution is 0.669. The largest absolute Gasteiger partial charge is 0.456 e. The van der Waals surface area contributed by atoms with Crippen molar-refractivity contribution in [3.63, 3.8) is 0 Å². The van der Waals surface area contributed by atoms with Gasteiger partial charge in [-0.1, -0.05) is 182 Å². The molecular weight excluding hydrogens is 789 g/mol. The number of rotatable bonds is 7. The molecule has 3 nitrogen and oxygen atoms in total. The average Bonchev–Trinajstić information content (AvgIpc) is 3.92. The second kappa shape index (κ2) is 15.0. The van der Waals surface area contributed by atoms with Gasteiger partial charge in [-0.3, -0.25) is 0 Å². The monoisotopic (exact) mass is 828 g/mol. The van der Waals surface area contributed by atoms with Crippen molar-refractivity contribution in [3.05, 3.63) is 243 Å². The molecule has 0 atom stereocenters. The molecule has 65 heavy (non-hydrogen) atoms. The Bertz CT molecular complexity index is 3900. The minimum Gasteiger partial charge on any atom is -0.456 e. The molecule has 13 rings (SSSR count). The van der Waals surface area contributed by atoms with Crippen LogP contribution < -0.4 is 4.90 Å². The van der Waals surface area contributed by atoms with Crippen LogP contribution in [0.15, 0.2) is 247 Å². The molecule has 0 fully saturated rings. The number of furan rings is 1. The first-order valence-corrected chi connectivity index (χ1v) is 22.2. The topological polar surface area (TPSA) is 20.8 Å². The zero-order chi connectivity index (χ0) is 42.8. The third-order valence-electron chi connectivity index (χ3n) is 13.2. The van der Waals surface area contributed by atoms with E-state index in [1.54, 1.807) is 0 Å². The summed E-state index contributed by atoms with van der Waals surface area (Å²) in [5.74, 6) is 0. The van der Waals surface area contributed by atoms with Crippen LogP contribution in [0.3, 0.4) is 0 Å². The first-order valence-electron chi connectivity index (χ1n) is 22.2. The van der Waals surface area contributed by atoms with Gasteiger partial charge >= 0.3 is 0 Å². The van der Waals surface area contributed by atoms with Gasteiger partial charge in [0.25, 0.3) is 0 Å². The summed E-state index contributed by atoms with van der Waals surface area (Å²) < 4.78 is 9.05. The zero-order valence-corrected chi connectivity index (χ0v) is 35.4. The molecule has 3 aromatic heterocycles. The quantitative estimate of drug-likeness (QED) is 0.160. The lowest BCUT2D eigenvalue weighted by Gasteiger charge is -2.26. The van der Waals surface area contributed by atoms with E-state index >= 15 is 0 Å². The van der Waals surface area contributed by atoms with Crippen LogP contribution in [0.25, 0.3) is 105 Å². The number of pyridine rings is 1. The third kappa shape index (κ3) is 6.12. The van der Waals surface area contributed by atoms with E-state index in [1.165, 1.54) is 71.5 Å². The van der Waals surface area contributed by atoms with Gasteiger partial charge < -0.3 is 13.7 Å². The number of anilines is 3. The Kier molecular flexibility index (Phi) is 8.53. The highest BCUT2D eigenvalue weighted by Crippen LogP contribution is 2.44. The van der Waals surface area contributed by atoms with Crippen molar-refractivity contribution >= 4 is 77.0 Å². The summed E-state index contributed by atoms with van der Waals surface area (Å²) in [7, 11) is 0. The molecule has 0 spiro atoms. The normalized spacial score (nSPS) is 11.7. The maximum Gasteiger partial charge on any atom is 0.137 e. The summed E-state index contributed by atoms with van der Waals surface area (Å²) in [6, 6.07) is 87.6. The number of benzene rings is 10. The lowest BCUT2D eigenvalue weighted by atomic mass is 9.98. The number of fused-ring (bicyclic) bond motifs is 9. The highest BCUT2D eigenvalue weighted by Gasteiger charge is 2.20. The van der Waals surface area contributed by atoms with Crippen LogP contribution in [0.5, 0.6) is 0 Å². The summed E-state index contributed by atoms with van der Waals surface area (Å²) in [5.41, 5.74) is 16.9. The Balaban J connectivity index is 0.902. The number of hydrogen-bond donors (Lipinski definition) is 0. The van der Waals surface area contributed by atoms with Crippen molar-refractivity contribution in [2.45, 2.75) is 0 Å². The first kappa shape index (κ1) is 36.9. The van der Waals surface area contributed by atoms with E-state index in [-0.39, 0.29) is 0 Å². The van der Waals surface area contributed by atoms with Crippen molar-refractivity contribution in [2.24, 2.45) is 0 Å². The molecule has 0 radical (unpaired) electrons. The zero-order valence-electron chi connectivity index (χ0n) is 35.4. The molecule has 304 valence electrons. The van der Waals surface area contributed by atoms with Crippen molar-refractivity contribution in [3.8, 4) is 44.6 Å². The van der Waals surface area contributed by atoms with Crippen LogP contribution in [0, 0.1) is 0 Å². The van der Waals surface area contributed by atoms with Crippen LogP contribution in [0.1, 0.15) is 0 Å². The molecule has 0 bridgehead atoms. The molecule has 3 heterocycles. The molecule has 0 saturated carbocycles. The molecule has 0 unspecified atom stereocenters. The predicted octanol–water partition coefficient (Wildman–Crippen LogP) is 17.4. The van der Waals surface area contributed by atoms with Crippen molar-refractivity contribution in [2.75, 3.05) is 4.90 Å². The van der Waals surface area contributed by atoms with Gasteiger partial charge in [0.1, 0.15) is 11.2 Å². The lowest BCUT2D eigenvalue weighted by Crippen LogP contribution is -2.09. The number of para-hydroxylation sites is 1. The maximum atomic E-state index is 6.58. The number of aromatic nitrogens is 1. The highest BCUT2D eigenvalue weighted by molar-refractivity contribution is 6.19. The van der Waals surface area contributed by atoms with Gasteiger partial charge in [-0.2, -0.15) is 0 Å². The highest BCUT2D eigenvalue weighted by atomic mass is 16.3. The van der Waals surface area contributed by atoms with Gasteiger partial charge in [-0.15, -0.1) is 0 Å². The van der Waals surface area contributed by atoms with Gasteiger partial charge in [0.15, 0.2) is 0 Å². The van der Waals surface area contributed by atoms with E-state index < -0.39 is 0 Å². The molecular formula is C62H40N2O. The van der Waals surface area contributed by atoms with Crippen LogP contribution >= 0.6 is 0 Å². The summed E-state index contributed by atoms with van der Waals surface area (Å²) in [5, 5.41) is 8.38. The molecule has 0 aliphatic carbocycles. The Labute approximate surface area is 376 Å². The van der Waals surface area contributed by atoms with E-state index in [2.05, 4.69) is 252 Å². The van der Waals surface area contributed by atoms with Crippen LogP contribution in [-0.2, 0) is 0 Å². The minimum absolute atomic E-state index is 0.865. The van der Waals surface area contributed by atoms with E-state index in [0.29, 0.717) is 0 Å². The van der Waals surface area contributed by atoms with Crippen molar-refractivity contribution in [1.82, 2.24) is 4.40 Å². The van der Waals surface area contributed by atoms with E-state index in [0.717, 1.165) is 50.1 Å². The molecule has 0 N–H and O–H groups in total. The molecule has 0 saturated heterocycles. The van der Waals surface area contributed by atoms with Gasteiger partial charge in [0, 0.05) is 50.2 Å². The Morgan fingerprint density at radius 3 is 1.52 bits per heavy atom. The standard InChI is InChI=1S/C62H40N2O/c1-3-13-41(14-4-1)43-27-32-49(33-28-43)63(51-36-37-55-59(40-51)65-58-38-31-45-15-7-9-19-52(45)61(55)58)50-34-29-44(30-35-50)42-23-25-47(26-24-42)62-53-20-10-8-18-48(53)39-57-60(46-16-5-2-6-17-46)54-21-11-12-22-56(54)64(57)62/h1-40H. The summed E-state index contributed by atoms with van der Waals surface area (Å²) in [6.07, 6.45) is 0.